The van der Waals surface area contributed by atoms with Gasteiger partial charge in [0.15, 0.2) is 0 Å². The van der Waals surface area contributed by atoms with Crippen LogP contribution in [0.5, 0.6) is 0 Å². The molecular weight excluding hydrogens is 340 g/mol. The molecule has 7 nitrogen and oxygen atoms in total. The summed E-state index contributed by atoms with van der Waals surface area (Å²) in [4.78, 5) is 33.1. The van der Waals surface area contributed by atoms with Crippen molar-refractivity contribution in [2.24, 2.45) is 5.92 Å². The van der Waals surface area contributed by atoms with Gasteiger partial charge in [-0.3, -0.25) is 14.4 Å². The van der Waals surface area contributed by atoms with Crippen LogP contribution < -0.4 is 0 Å². The molecule has 0 bridgehead atoms. The van der Waals surface area contributed by atoms with E-state index >= 15 is 0 Å². The Morgan fingerprint density at radius 3 is 1.92 bits per heavy atom. The third-order valence-electron chi connectivity index (χ3n) is 4.25. The minimum absolute atomic E-state index is 0.257. The quantitative estimate of drug-likeness (QED) is 0.263. The van der Waals surface area contributed by atoms with Gasteiger partial charge in [-0.05, 0) is 12.8 Å². The molecule has 0 radical (unpaired) electrons. The molecule has 0 saturated carbocycles. The molecule has 0 aliphatic heterocycles. The minimum Gasteiger partial charge on any atom is -0.481 e. The summed E-state index contributed by atoms with van der Waals surface area (Å²) in [6, 6.07) is 0. The van der Waals surface area contributed by atoms with E-state index in [-0.39, 0.29) is 19.4 Å². The summed E-state index contributed by atoms with van der Waals surface area (Å²) in [5.74, 6) is -4.14. The number of ether oxygens (including phenoxy) is 1. The number of rotatable bonds is 17. The largest absolute Gasteiger partial charge is 0.481 e. The zero-order valence-electron chi connectivity index (χ0n) is 15.8. The Balaban J connectivity index is 3.71. The lowest BCUT2D eigenvalue weighted by molar-refractivity contribution is -0.151. The van der Waals surface area contributed by atoms with E-state index < -0.39 is 36.4 Å². The third kappa shape index (κ3) is 14.7. The van der Waals surface area contributed by atoms with Crippen molar-refractivity contribution in [3.05, 3.63) is 0 Å². The Kier molecular flexibility index (Phi) is 14.6. The molecule has 0 aromatic rings. The van der Waals surface area contributed by atoms with Gasteiger partial charge in [-0.15, -0.1) is 0 Å². The predicted molar refractivity (Wildman–Crippen MR) is 96.8 cm³/mol. The summed E-state index contributed by atoms with van der Waals surface area (Å²) in [6.45, 7) is 1.89. The molecule has 0 heterocycles. The van der Waals surface area contributed by atoms with Crippen molar-refractivity contribution in [2.45, 2.75) is 90.1 Å². The highest BCUT2D eigenvalue weighted by Crippen LogP contribution is 2.14. The molecule has 0 rings (SSSR count). The summed E-state index contributed by atoms with van der Waals surface area (Å²) in [6.07, 6.45) is 8.58. The molecule has 3 N–H and O–H groups in total. The maximum absolute atomic E-state index is 11.6. The highest BCUT2D eigenvalue weighted by molar-refractivity contribution is 5.77. The molecule has 152 valence electrons. The summed E-state index contributed by atoms with van der Waals surface area (Å²) < 4.78 is 4.93. The van der Waals surface area contributed by atoms with Crippen LogP contribution in [0.3, 0.4) is 0 Å². The van der Waals surface area contributed by atoms with Gasteiger partial charge in [0.05, 0.1) is 18.4 Å². The summed E-state index contributed by atoms with van der Waals surface area (Å²) >= 11 is 0. The van der Waals surface area contributed by atoms with E-state index in [0.29, 0.717) is 0 Å². The van der Waals surface area contributed by atoms with Crippen molar-refractivity contribution in [3.63, 3.8) is 0 Å². The SMILES string of the molecule is CCCCCCCCCCCC(=O)OCC(O)CC(CC(=O)O)C(=O)O. The van der Waals surface area contributed by atoms with E-state index in [1.54, 1.807) is 0 Å². The van der Waals surface area contributed by atoms with Gasteiger partial charge in [0, 0.05) is 6.42 Å². The lowest BCUT2D eigenvalue weighted by Crippen LogP contribution is -2.27. The standard InChI is InChI=1S/C19H34O7/c1-2-3-4-5-6-7-8-9-10-11-18(23)26-14-16(20)12-15(19(24)25)13-17(21)22/h15-16,20H,2-14H2,1H3,(H,21,22)(H,24,25). The first-order valence-electron chi connectivity index (χ1n) is 9.65. The van der Waals surface area contributed by atoms with Crippen molar-refractivity contribution in [1.29, 1.82) is 0 Å². The highest BCUT2D eigenvalue weighted by Gasteiger charge is 2.24. The second kappa shape index (κ2) is 15.6. The number of aliphatic hydroxyl groups is 1. The molecule has 0 spiro atoms. The van der Waals surface area contributed by atoms with E-state index in [2.05, 4.69) is 6.92 Å². The molecule has 2 atom stereocenters. The van der Waals surface area contributed by atoms with Crippen LogP contribution in [-0.4, -0.2) is 45.9 Å². The van der Waals surface area contributed by atoms with E-state index in [1.165, 1.54) is 38.5 Å². The van der Waals surface area contributed by atoms with Gasteiger partial charge in [-0.1, -0.05) is 58.3 Å². The second-order valence-electron chi connectivity index (χ2n) is 6.78. The highest BCUT2D eigenvalue weighted by atomic mass is 16.5. The first-order chi connectivity index (χ1) is 12.4. The number of unbranched alkanes of at least 4 members (excludes halogenated alkanes) is 8. The zero-order chi connectivity index (χ0) is 19.8. The Labute approximate surface area is 155 Å². The number of carbonyl (C=O) groups is 3. The van der Waals surface area contributed by atoms with E-state index in [1.807, 2.05) is 0 Å². The van der Waals surface area contributed by atoms with Crippen molar-refractivity contribution in [2.75, 3.05) is 6.61 Å². The molecule has 7 heteroatoms. The Bertz CT molecular complexity index is 409. The van der Waals surface area contributed by atoms with Crippen molar-refractivity contribution < 1.29 is 34.4 Å². The molecule has 0 aromatic heterocycles. The average Bonchev–Trinajstić information content (AvgIpc) is 2.57. The minimum atomic E-state index is -1.28. The van der Waals surface area contributed by atoms with Crippen LogP contribution in [-0.2, 0) is 19.1 Å². The first kappa shape index (κ1) is 24.4. The number of hydrogen-bond donors (Lipinski definition) is 3. The van der Waals surface area contributed by atoms with E-state index in [9.17, 15) is 19.5 Å². The fourth-order valence-corrected chi connectivity index (χ4v) is 2.72. The van der Waals surface area contributed by atoms with Gasteiger partial charge in [0.25, 0.3) is 0 Å². The van der Waals surface area contributed by atoms with Crippen molar-refractivity contribution in [1.82, 2.24) is 0 Å². The number of esters is 1. The molecule has 0 amide bonds. The van der Waals surface area contributed by atoms with Gasteiger partial charge < -0.3 is 20.1 Å². The zero-order valence-corrected chi connectivity index (χ0v) is 15.8. The topological polar surface area (TPSA) is 121 Å². The van der Waals surface area contributed by atoms with Crippen LogP contribution in [0.4, 0.5) is 0 Å². The molecule has 0 aliphatic rings. The van der Waals surface area contributed by atoms with Crippen LogP contribution in [0.15, 0.2) is 0 Å². The summed E-state index contributed by atoms with van der Waals surface area (Å²) in [5, 5.41) is 27.3. The maximum Gasteiger partial charge on any atom is 0.307 e. The van der Waals surface area contributed by atoms with Crippen molar-refractivity contribution in [3.8, 4) is 0 Å². The number of aliphatic carboxylic acids is 2. The fraction of sp³-hybridized carbons (Fsp3) is 0.842. The third-order valence-corrected chi connectivity index (χ3v) is 4.25. The fourth-order valence-electron chi connectivity index (χ4n) is 2.72. The summed E-state index contributed by atoms with van der Waals surface area (Å²) in [5.41, 5.74) is 0. The lowest BCUT2D eigenvalue weighted by Gasteiger charge is -2.15. The lowest BCUT2D eigenvalue weighted by atomic mass is 9.98. The average molecular weight is 374 g/mol. The Hall–Kier alpha value is -1.63. The van der Waals surface area contributed by atoms with Crippen LogP contribution >= 0.6 is 0 Å². The predicted octanol–water partition coefficient (Wildman–Crippen LogP) is 3.38. The van der Waals surface area contributed by atoms with Crippen LogP contribution in [0.25, 0.3) is 0 Å². The van der Waals surface area contributed by atoms with E-state index in [0.717, 1.165) is 19.3 Å². The molecule has 0 fully saturated rings. The Morgan fingerprint density at radius 2 is 1.42 bits per heavy atom. The maximum atomic E-state index is 11.6. The van der Waals surface area contributed by atoms with Gasteiger partial charge in [-0.2, -0.15) is 0 Å². The van der Waals surface area contributed by atoms with Crippen LogP contribution in [0.1, 0.15) is 84.0 Å². The van der Waals surface area contributed by atoms with Gasteiger partial charge in [-0.25, -0.2) is 0 Å². The monoisotopic (exact) mass is 374 g/mol. The Morgan fingerprint density at radius 1 is 0.885 bits per heavy atom. The molecule has 2 unspecified atom stereocenters. The number of aliphatic hydroxyl groups excluding tert-OH is 1. The number of carbonyl (C=O) groups excluding carboxylic acids is 1. The number of carboxylic acids is 2. The van der Waals surface area contributed by atoms with Gasteiger partial charge in [0.1, 0.15) is 6.61 Å². The van der Waals surface area contributed by atoms with E-state index in [4.69, 9.17) is 14.9 Å². The summed E-state index contributed by atoms with van der Waals surface area (Å²) in [7, 11) is 0. The molecular formula is C19H34O7. The molecule has 26 heavy (non-hydrogen) atoms. The second-order valence-corrected chi connectivity index (χ2v) is 6.78. The smallest absolute Gasteiger partial charge is 0.307 e. The molecule has 0 aromatic carbocycles. The van der Waals surface area contributed by atoms with Crippen LogP contribution in [0, 0.1) is 5.92 Å². The molecule has 0 aliphatic carbocycles. The number of hydrogen-bond acceptors (Lipinski definition) is 5. The normalized spacial score (nSPS) is 13.2. The van der Waals surface area contributed by atoms with Gasteiger partial charge in [0.2, 0.25) is 0 Å². The first-order valence-corrected chi connectivity index (χ1v) is 9.65. The molecule has 0 saturated heterocycles. The van der Waals surface area contributed by atoms with Crippen LogP contribution in [0.2, 0.25) is 0 Å². The van der Waals surface area contributed by atoms with Gasteiger partial charge >= 0.3 is 17.9 Å². The van der Waals surface area contributed by atoms with Crippen molar-refractivity contribution >= 4 is 17.9 Å². The number of carboxylic acid groups (broad SMARTS) is 2.